The van der Waals surface area contributed by atoms with Crippen LogP contribution in [0.1, 0.15) is 81.7 Å². The van der Waals surface area contributed by atoms with Gasteiger partial charge in [-0.3, -0.25) is 14.3 Å². The highest BCUT2D eigenvalue weighted by Crippen LogP contribution is 2.39. The fourth-order valence-corrected chi connectivity index (χ4v) is 9.84. The Morgan fingerprint density at radius 3 is 2.40 bits per heavy atom. The lowest BCUT2D eigenvalue weighted by Gasteiger charge is -2.26. The van der Waals surface area contributed by atoms with Gasteiger partial charge in [-0.1, -0.05) is 74.9 Å². The molecule has 2 aromatic heterocycles. The molecule has 0 bridgehead atoms. The van der Waals surface area contributed by atoms with Gasteiger partial charge < -0.3 is 14.2 Å². The van der Waals surface area contributed by atoms with Crippen LogP contribution in [0.3, 0.4) is 0 Å². The molecule has 10 nitrogen and oxygen atoms in total. The van der Waals surface area contributed by atoms with Crippen LogP contribution in [-0.2, 0) is 35.5 Å². The summed E-state index contributed by atoms with van der Waals surface area (Å²) in [6.07, 6.45) is 7.70. The average molecular weight is 898 g/mol. The number of aromatic nitrogens is 3. The number of benzene rings is 4. The predicted octanol–water partition coefficient (Wildman–Crippen LogP) is 11.3. The van der Waals surface area contributed by atoms with Crippen molar-refractivity contribution in [1.29, 1.82) is 0 Å². The van der Waals surface area contributed by atoms with Crippen molar-refractivity contribution in [3.63, 3.8) is 0 Å². The second-order valence-electron chi connectivity index (χ2n) is 16.0. The molecule has 2 heterocycles. The van der Waals surface area contributed by atoms with Gasteiger partial charge in [-0.05, 0) is 105 Å². The molecule has 0 N–H and O–H groups in total. The molecular formula is C49H53F2N3O7S2. The Bertz CT molecular complexity index is 2690. The van der Waals surface area contributed by atoms with Gasteiger partial charge in [0.2, 0.25) is 0 Å². The van der Waals surface area contributed by atoms with E-state index in [0.717, 1.165) is 45.3 Å². The third-order valence-electron chi connectivity index (χ3n) is 10.7. The maximum Gasteiger partial charge on any atom is 0.315 e. The molecule has 0 fully saturated rings. The van der Waals surface area contributed by atoms with Gasteiger partial charge in [0.15, 0.2) is 11.6 Å². The minimum Gasteiger partial charge on any atom is -0.466 e. The van der Waals surface area contributed by atoms with Crippen LogP contribution in [0.4, 0.5) is 8.78 Å². The molecule has 0 spiro atoms. The number of hydrogen-bond donors (Lipinski definition) is 0. The lowest BCUT2D eigenvalue weighted by molar-refractivity contribution is -0.143. The number of carbonyl (C=O) groups is 2. The Morgan fingerprint density at radius 2 is 1.67 bits per heavy atom. The summed E-state index contributed by atoms with van der Waals surface area (Å²) in [6.45, 7) is 14.3. The average Bonchev–Trinajstić information content (AvgIpc) is 3.91. The SMILES string of the molecule is C=Cc1c(Oc2ccc(F)c(-c3ccn(C(CCCC(C)(C)CSCC(=O)OCC)c4cccc(CCC(=O)OCC)c4)n3)c2)c(F)cc2c1ccn2S(=O)(=O)c1ccc(C)cc1. The van der Waals surface area contributed by atoms with Crippen molar-refractivity contribution in [2.75, 3.05) is 24.7 Å². The molecule has 63 heavy (non-hydrogen) atoms. The van der Waals surface area contributed by atoms with E-state index in [-0.39, 0.29) is 62.9 Å². The molecule has 4 aromatic carbocycles. The smallest absolute Gasteiger partial charge is 0.315 e. The van der Waals surface area contributed by atoms with Gasteiger partial charge in [-0.2, -0.15) is 5.10 Å². The second-order valence-corrected chi connectivity index (χ2v) is 18.8. The highest BCUT2D eigenvalue weighted by Gasteiger charge is 2.25. The fraction of sp³-hybridized carbons (Fsp3) is 0.327. The van der Waals surface area contributed by atoms with Crippen molar-refractivity contribution in [2.45, 2.75) is 77.7 Å². The second kappa shape index (κ2) is 20.6. The van der Waals surface area contributed by atoms with Crippen molar-refractivity contribution >= 4 is 50.7 Å². The first-order valence-electron chi connectivity index (χ1n) is 20.9. The van der Waals surface area contributed by atoms with Crippen LogP contribution < -0.4 is 4.74 Å². The number of aryl methyl sites for hydroxylation is 2. The van der Waals surface area contributed by atoms with Gasteiger partial charge in [0.1, 0.15) is 11.6 Å². The molecule has 6 aromatic rings. The number of rotatable bonds is 21. The summed E-state index contributed by atoms with van der Waals surface area (Å²) in [5.74, 6) is -0.881. The highest BCUT2D eigenvalue weighted by molar-refractivity contribution is 7.99. The number of fused-ring (bicyclic) bond motifs is 1. The Hall–Kier alpha value is -5.73. The van der Waals surface area contributed by atoms with Gasteiger partial charge in [-0.15, -0.1) is 11.8 Å². The fourth-order valence-electron chi connectivity index (χ4n) is 7.46. The Labute approximate surface area is 372 Å². The molecule has 1 atom stereocenters. The molecule has 0 saturated heterocycles. The summed E-state index contributed by atoms with van der Waals surface area (Å²) in [7, 11) is -4.05. The first kappa shape index (κ1) is 46.8. The summed E-state index contributed by atoms with van der Waals surface area (Å²) in [5, 5.41) is 5.28. The zero-order valence-electron chi connectivity index (χ0n) is 36.2. The van der Waals surface area contributed by atoms with E-state index < -0.39 is 21.7 Å². The number of esters is 2. The first-order valence-corrected chi connectivity index (χ1v) is 23.5. The van der Waals surface area contributed by atoms with Crippen molar-refractivity contribution in [3.05, 3.63) is 138 Å². The van der Waals surface area contributed by atoms with E-state index in [4.69, 9.17) is 19.3 Å². The van der Waals surface area contributed by atoms with Crippen molar-refractivity contribution in [2.24, 2.45) is 5.41 Å². The lowest BCUT2D eigenvalue weighted by Crippen LogP contribution is -2.18. The Balaban J connectivity index is 1.27. The Kier molecular flexibility index (Phi) is 15.3. The van der Waals surface area contributed by atoms with Gasteiger partial charge >= 0.3 is 11.9 Å². The number of nitrogens with zero attached hydrogens (tertiary/aromatic N) is 3. The standard InChI is InChI=1S/C49H53F2N3O7S2/c1-7-38-39-23-27-54(63(57,58)37-19-15-33(4)16-20-37)45(39)30-42(51)48(38)61-36-18-21-41(50)40(29-36)43-24-26-53(52-43)44(14-11-25-49(5,6)32-62-31-47(56)60-9-3)35-13-10-12-34(28-35)17-22-46(55)59-8-2/h7,10,12-13,15-16,18-21,23-24,26-30,44H,1,8-9,11,14,17,22,25,31-32H2,2-6H3. The van der Waals surface area contributed by atoms with E-state index in [2.05, 4.69) is 26.5 Å². The van der Waals surface area contributed by atoms with E-state index in [1.807, 2.05) is 29.8 Å². The van der Waals surface area contributed by atoms with E-state index in [1.165, 1.54) is 42.6 Å². The quantitative estimate of drug-likeness (QED) is 0.0651. The monoisotopic (exact) mass is 897 g/mol. The molecule has 0 aliphatic rings. The van der Waals surface area contributed by atoms with Gasteiger partial charge in [0.05, 0.1) is 41.1 Å². The number of halogens is 2. The van der Waals surface area contributed by atoms with Crippen LogP contribution in [0.5, 0.6) is 11.5 Å². The Morgan fingerprint density at radius 1 is 0.921 bits per heavy atom. The predicted molar refractivity (Wildman–Crippen MR) is 245 cm³/mol. The summed E-state index contributed by atoms with van der Waals surface area (Å²) in [5.41, 5.74) is 3.57. The molecular weight excluding hydrogens is 845 g/mol. The molecule has 0 radical (unpaired) electrons. The van der Waals surface area contributed by atoms with E-state index in [9.17, 15) is 18.0 Å². The summed E-state index contributed by atoms with van der Waals surface area (Å²) < 4.78 is 78.1. The van der Waals surface area contributed by atoms with Crippen LogP contribution in [0.15, 0.2) is 109 Å². The maximum absolute atomic E-state index is 16.0. The van der Waals surface area contributed by atoms with Crippen LogP contribution >= 0.6 is 11.8 Å². The van der Waals surface area contributed by atoms with Crippen LogP contribution in [-0.4, -0.2) is 58.8 Å². The topological polar surface area (TPSA) is 119 Å². The number of carbonyl (C=O) groups excluding carboxylic acids is 2. The van der Waals surface area contributed by atoms with Crippen molar-refractivity contribution in [1.82, 2.24) is 13.8 Å². The van der Waals surface area contributed by atoms with Gasteiger partial charge in [-0.25, -0.2) is 21.2 Å². The lowest BCUT2D eigenvalue weighted by atomic mass is 9.87. The molecule has 0 aliphatic carbocycles. The molecule has 1 unspecified atom stereocenters. The van der Waals surface area contributed by atoms with E-state index in [0.29, 0.717) is 42.9 Å². The zero-order chi connectivity index (χ0) is 45.3. The molecule has 0 amide bonds. The van der Waals surface area contributed by atoms with Crippen LogP contribution in [0.25, 0.3) is 28.2 Å². The third kappa shape index (κ3) is 11.5. The van der Waals surface area contributed by atoms with Crippen molar-refractivity contribution < 1.29 is 41.0 Å². The number of hydrogen-bond acceptors (Lipinski definition) is 9. The minimum absolute atomic E-state index is 0.0567. The van der Waals surface area contributed by atoms with E-state index >= 15 is 8.78 Å². The summed E-state index contributed by atoms with van der Waals surface area (Å²) >= 11 is 1.56. The van der Waals surface area contributed by atoms with Gasteiger partial charge in [0.25, 0.3) is 10.0 Å². The van der Waals surface area contributed by atoms with E-state index in [1.54, 1.807) is 56.1 Å². The highest BCUT2D eigenvalue weighted by atomic mass is 32.2. The molecule has 14 heteroatoms. The van der Waals surface area contributed by atoms with Crippen LogP contribution in [0.2, 0.25) is 0 Å². The molecule has 0 saturated carbocycles. The molecule has 332 valence electrons. The molecule has 0 aliphatic heterocycles. The summed E-state index contributed by atoms with van der Waals surface area (Å²) in [6, 6.07) is 22.6. The zero-order valence-corrected chi connectivity index (χ0v) is 37.9. The maximum atomic E-state index is 16.0. The molecule has 6 rings (SSSR count). The van der Waals surface area contributed by atoms with Gasteiger partial charge in [0, 0.05) is 41.4 Å². The minimum atomic E-state index is -4.05. The number of ether oxygens (including phenoxy) is 3. The first-order chi connectivity index (χ1) is 30.1. The normalized spacial score (nSPS) is 12.3. The number of thioether (sulfide) groups is 1. The van der Waals surface area contributed by atoms with Crippen LogP contribution in [0, 0.1) is 24.0 Å². The third-order valence-corrected chi connectivity index (χ3v) is 13.8. The van der Waals surface area contributed by atoms with Crippen molar-refractivity contribution in [3.8, 4) is 22.8 Å². The summed E-state index contributed by atoms with van der Waals surface area (Å²) in [4.78, 5) is 24.2. The largest absolute Gasteiger partial charge is 0.466 e.